The molecule has 0 heterocycles. The Bertz CT molecular complexity index is 494. The maximum Gasteiger partial charge on any atom is 0.239 e. The Morgan fingerprint density at radius 3 is 2.74 bits per heavy atom. The molecule has 0 aliphatic carbocycles. The number of carbonyl (C=O) groups excluding carboxylic acids is 1. The number of nitrogens with zero attached hydrogens (tertiary/aromatic N) is 2. The van der Waals surface area contributed by atoms with Gasteiger partial charge in [0.1, 0.15) is 11.9 Å². The zero-order valence-electron chi connectivity index (χ0n) is 11.4. The molecule has 0 spiro atoms. The summed E-state index contributed by atoms with van der Waals surface area (Å²) in [7, 11) is 1.70. The number of rotatable bonds is 5. The Morgan fingerprint density at radius 1 is 1.53 bits per heavy atom. The molecule has 1 aromatic carbocycles. The lowest BCUT2D eigenvalue weighted by atomic mass is 10.2. The molecule has 102 valence electrons. The van der Waals surface area contributed by atoms with Gasteiger partial charge in [-0.15, -0.1) is 0 Å². The average molecular weight is 263 g/mol. The Balaban J connectivity index is 2.63. The van der Waals surface area contributed by atoms with Crippen LogP contribution in [-0.2, 0) is 4.79 Å². The van der Waals surface area contributed by atoms with Crippen molar-refractivity contribution in [3.8, 4) is 6.07 Å². The molecule has 0 atom stereocenters. The minimum absolute atomic E-state index is 0.00130. The van der Waals surface area contributed by atoms with E-state index in [4.69, 9.17) is 5.26 Å². The summed E-state index contributed by atoms with van der Waals surface area (Å²) in [6.45, 7) is 4.80. The van der Waals surface area contributed by atoms with E-state index >= 15 is 0 Å². The number of likely N-dealkylation sites (N-methyl/N-ethyl adjacent to an activating group) is 1. The van der Waals surface area contributed by atoms with Gasteiger partial charge in [0.2, 0.25) is 5.91 Å². The summed E-state index contributed by atoms with van der Waals surface area (Å²) in [5, 5.41) is 11.4. The predicted octanol–water partition coefficient (Wildman–Crippen LogP) is 1.91. The first kappa shape index (κ1) is 15.0. The normalized spacial score (nSPS) is 10.1. The van der Waals surface area contributed by atoms with E-state index in [2.05, 4.69) is 5.32 Å². The van der Waals surface area contributed by atoms with Crippen LogP contribution in [0.1, 0.15) is 19.4 Å². The van der Waals surface area contributed by atoms with E-state index in [9.17, 15) is 9.18 Å². The summed E-state index contributed by atoms with van der Waals surface area (Å²) in [4.78, 5) is 13.3. The number of carbonyl (C=O) groups is 1. The lowest BCUT2D eigenvalue weighted by molar-refractivity contribution is -0.119. The lowest BCUT2D eigenvalue weighted by Gasteiger charge is -2.19. The summed E-state index contributed by atoms with van der Waals surface area (Å²) in [6.07, 6.45) is 0. The van der Waals surface area contributed by atoms with Crippen LogP contribution in [0, 0.1) is 23.1 Å². The molecular weight excluding hydrogens is 245 g/mol. The van der Waals surface area contributed by atoms with Crippen molar-refractivity contribution in [3.63, 3.8) is 0 Å². The van der Waals surface area contributed by atoms with Gasteiger partial charge in [0.25, 0.3) is 0 Å². The second-order valence-electron chi connectivity index (χ2n) is 4.83. The molecule has 1 aromatic rings. The Morgan fingerprint density at radius 2 is 2.21 bits per heavy atom. The van der Waals surface area contributed by atoms with Crippen molar-refractivity contribution in [1.82, 2.24) is 5.32 Å². The topological polar surface area (TPSA) is 56.1 Å². The molecule has 0 fully saturated rings. The molecule has 0 saturated heterocycles. The van der Waals surface area contributed by atoms with E-state index in [1.54, 1.807) is 24.1 Å². The van der Waals surface area contributed by atoms with Gasteiger partial charge >= 0.3 is 0 Å². The quantitative estimate of drug-likeness (QED) is 0.882. The highest BCUT2D eigenvalue weighted by molar-refractivity contribution is 5.81. The summed E-state index contributed by atoms with van der Waals surface area (Å²) in [6, 6.07) is 6.05. The van der Waals surface area contributed by atoms with Gasteiger partial charge in [-0.2, -0.15) is 5.26 Å². The number of hydrogen-bond acceptors (Lipinski definition) is 3. The zero-order valence-corrected chi connectivity index (χ0v) is 11.4. The molecule has 5 heteroatoms. The van der Waals surface area contributed by atoms with E-state index in [0.29, 0.717) is 18.2 Å². The van der Waals surface area contributed by atoms with Crippen molar-refractivity contribution >= 4 is 11.6 Å². The van der Waals surface area contributed by atoms with Crippen LogP contribution in [0.2, 0.25) is 0 Å². The molecule has 0 unspecified atom stereocenters. The highest BCUT2D eigenvalue weighted by atomic mass is 19.1. The van der Waals surface area contributed by atoms with Crippen LogP contribution in [0.4, 0.5) is 10.1 Å². The molecule has 1 N–H and O–H groups in total. The fourth-order valence-corrected chi connectivity index (χ4v) is 1.51. The molecule has 19 heavy (non-hydrogen) atoms. The van der Waals surface area contributed by atoms with Crippen molar-refractivity contribution in [2.24, 2.45) is 5.92 Å². The number of anilines is 1. The Kier molecular flexibility index (Phi) is 5.31. The summed E-state index contributed by atoms with van der Waals surface area (Å²) < 4.78 is 13.5. The highest BCUT2D eigenvalue weighted by Crippen LogP contribution is 2.16. The van der Waals surface area contributed by atoms with Gasteiger partial charge in [-0.05, 0) is 24.1 Å². The third kappa shape index (κ3) is 4.59. The standard InChI is InChI=1S/C14H18FN3O/c1-10(2)8-17-14(19)9-18(3)12-5-4-11(7-16)13(15)6-12/h4-6,10H,8-9H2,1-3H3,(H,17,19). The molecule has 4 nitrogen and oxygen atoms in total. The monoisotopic (exact) mass is 263 g/mol. The van der Waals surface area contributed by atoms with Gasteiger partial charge in [-0.3, -0.25) is 4.79 Å². The molecule has 0 aromatic heterocycles. The van der Waals surface area contributed by atoms with Crippen LogP contribution in [0.15, 0.2) is 18.2 Å². The highest BCUT2D eigenvalue weighted by Gasteiger charge is 2.10. The van der Waals surface area contributed by atoms with Gasteiger partial charge < -0.3 is 10.2 Å². The molecular formula is C14H18FN3O. The lowest BCUT2D eigenvalue weighted by Crippen LogP contribution is -2.36. The van der Waals surface area contributed by atoms with Gasteiger partial charge in [-0.1, -0.05) is 13.8 Å². The van der Waals surface area contributed by atoms with Crippen LogP contribution in [0.25, 0.3) is 0 Å². The number of benzene rings is 1. The third-order valence-electron chi connectivity index (χ3n) is 2.60. The first-order valence-corrected chi connectivity index (χ1v) is 6.11. The fourth-order valence-electron chi connectivity index (χ4n) is 1.51. The first-order valence-electron chi connectivity index (χ1n) is 6.11. The number of hydrogen-bond donors (Lipinski definition) is 1. The summed E-state index contributed by atoms with van der Waals surface area (Å²) in [5.74, 6) is -0.294. The minimum Gasteiger partial charge on any atom is -0.365 e. The van der Waals surface area contributed by atoms with Crippen LogP contribution in [-0.4, -0.2) is 26.0 Å². The van der Waals surface area contributed by atoms with Crippen molar-refractivity contribution in [2.75, 3.05) is 25.0 Å². The predicted molar refractivity (Wildman–Crippen MR) is 72.2 cm³/mol. The molecule has 0 saturated carbocycles. The van der Waals surface area contributed by atoms with Gasteiger partial charge in [0.15, 0.2) is 0 Å². The van der Waals surface area contributed by atoms with Crippen LogP contribution in [0.3, 0.4) is 0 Å². The third-order valence-corrected chi connectivity index (χ3v) is 2.60. The van der Waals surface area contributed by atoms with E-state index < -0.39 is 5.82 Å². The largest absolute Gasteiger partial charge is 0.365 e. The van der Waals surface area contributed by atoms with E-state index in [-0.39, 0.29) is 18.0 Å². The Hall–Kier alpha value is -2.09. The molecule has 0 aliphatic rings. The van der Waals surface area contributed by atoms with Crippen LogP contribution < -0.4 is 10.2 Å². The number of amides is 1. The van der Waals surface area contributed by atoms with Crippen LogP contribution >= 0.6 is 0 Å². The van der Waals surface area contributed by atoms with E-state index in [1.165, 1.54) is 12.1 Å². The summed E-state index contributed by atoms with van der Waals surface area (Å²) >= 11 is 0. The van der Waals surface area contributed by atoms with Crippen molar-refractivity contribution < 1.29 is 9.18 Å². The number of nitrogens with one attached hydrogen (secondary N) is 1. The molecule has 0 radical (unpaired) electrons. The first-order chi connectivity index (χ1) is 8.93. The molecule has 1 amide bonds. The smallest absolute Gasteiger partial charge is 0.239 e. The second-order valence-corrected chi connectivity index (χ2v) is 4.83. The van der Waals surface area contributed by atoms with Crippen molar-refractivity contribution in [3.05, 3.63) is 29.6 Å². The Labute approximate surface area is 112 Å². The average Bonchev–Trinajstić information content (AvgIpc) is 2.36. The second kappa shape index (κ2) is 6.74. The SMILES string of the molecule is CC(C)CNC(=O)CN(C)c1ccc(C#N)c(F)c1. The molecule has 0 bridgehead atoms. The summed E-state index contributed by atoms with van der Waals surface area (Å²) in [5.41, 5.74) is 0.567. The number of halogens is 1. The van der Waals surface area contributed by atoms with Gasteiger partial charge in [-0.25, -0.2) is 4.39 Å². The van der Waals surface area contributed by atoms with Gasteiger partial charge in [0.05, 0.1) is 12.1 Å². The molecule has 0 aliphatic heterocycles. The molecule has 1 rings (SSSR count). The number of nitriles is 1. The van der Waals surface area contributed by atoms with E-state index in [0.717, 1.165) is 0 Å². The minimum atomic E-state index is -0.575. The van der Waals surface area contributed by atoms with Crippen LogP contribution in [0.5, 0.6) is 0 Å². The zero-order chi connectivity index (χ0) is 14.4. The van der Waals surface area contributed by atoms with Gasteiger partial charge in [0, 0.05) is 19.3 Å². The van der Waals surface area contributed by atoms with Crippen molar-refractivity contribution in [2.45, 2.75) is 13.8 Å². The fraction of sp³-hybridized carbons (Fsp3) is 0.429. The maximum absolute atomic E-state index is 13.5. The van der Waals surface area contributed by atoms with E-state index in [1.807, 2.05) is 13.8 Å². The maximum atomic E-state index is 13.5. The van der Waals surface area contributed by atoms with Crippen molar-refractivity contribution in [1.29, 1.82) is 5.26 Å².